The molecule has 1 aromatic rings. The summed E-state index contributed by atoms with van der Waals surface area (Å²) >= 11 is 0. The third-order valence-electron chi connectivity index (χ3n) is 3.90. The Hall–Kier alpha value is -1.88. The van der Waals surface area contributed by atoms with Gasteiger partial charge in [-0.25, -0.2) is 0 Å². The molecule has 108 valence electrons. The van der Waals surface area contributed by atoms with Crippen molar-refractivity contribution in [2.75, 3.05) is 11.9 Å². The minimum Gasteiger partial charge on any atom is -0.369 e. The van der Waals surface area contributed by atoms with Gasteiger partial charge in [0.1, 0.15) is 0 Å². The number of primary amides is 1. The van der Waals surface area contributed by atoms with Crippen LogP contribution in [0.15, 0.2) is 24.3 Å². The number of amides is 2. The molecule has 2 amide bonds. The number of anilines is 1. The molecule has 0 heterocycles. The van der Waals surface area contributed by atoms with E-state index in [-0.39, 0.29) is 24.2 Å². The second kappa shape index (κ2) is 6.52. The average Bonchev–Trinajstić information content (AvgIpc) is 2.89. The van der Waals surface area contributed by atoms with E-state index < -0.39 is 0 Å². The predicted molar refractivity (Wildman–Crippen MR) is 77.9 cm³/mol. The van der Waals surface area contributed by atoms with E-state index in [0.29, 0.717) is 12.5 Å². The number of nitrogens with one attached hydrogen (secondary N) is 1. The summed E-state index contributed by atoms with van der Waals surface area (Å²) in [4.78, 5) is 23.0. The normalized spacial score (nSPS) is 21.6. The van der Waals surface area contributed by atoms with Gasteiger partial charge in [0.15, 0.2) is 0 Å². The van der Waals surface area contributed by atoms with Crippen LogP contribution in [0.5, 0.6) is 0 Å². The van der Waals surface area contributed by atoms with Crippen LogP contribution in [0.25, 0.3) is 0 Å². The van der Waals surface area contributed by atoms with E-state index in [2.05, 4.69) is 5.32 Å². The molecule has 20 heavy (non-hydrogen) atoms. The number of hydrogen-bond acceptors (Lipinski definition) is 3. The lowest BCUT2D eigenvalue weighted by Crippen LogP contribution is -2.29. The molecule has 1 saturated carbocycles. The van der Waals surface area contributed by atoms with Crippen molar-refractivity contribution < 1.29 is 9.59 Å². The Morgan fingerprint density at radius 1 is 1.20 bits per heavy atom. The first-order valence-electron chi connectivity index (χ1n) is 6.98. The number of carbonyl (C=O) groups excluding carboxylic acids is 2. The van der Waals surface area contributed by atoms with E-state index >= 15 is 0 Å². The Morgan fingerprint density at radius 2 is 1.90 bits per heavy atom. The maximum Gasteiger partial charge on any atom is 0.227 e. The molecule has 1 aliphatic rings. The summed E-state index contributed by atoms with van der Waals surface area (Å²) in [5.41, 5.74) is 12.4. The molecule has 5 N–H and O–H groups in total. The summed E-state index contributed by atoms with van der Waals surface area (Å²) < 4.78 is 0. The van der Waals surface area contributed by atoms with Gasteiger partial charge in [0.05, 0.1) is 6.42 Å². The Bertz CT molecular complexity index is 484. The zero-order chi connectivity index (χ0) is 14.5. The molecule has 0 aliphatic heterocycles. The summed E-state index contributed by atoms with van der Waals surface area (Å²) in [6.07, 6.45) is 3.23. The van der Waals surface area contributed by atoms with Crippen molar-refractivity contribution >= 4 is 17.5 Å². The van der Waals surface area contributed by atoms with Gasteiger partial charge in [0.2, 0.25) is 11.8 Å². The van der Waals surface area contributed by atoms with Gasteiger partial charge in [-0.1, -0.05) is 18.6 Å². The Kier molecular flexibility index (Phi) is 4.74. The molecular formula is C15H21N3O2. The fourth-order valence-corrected chi connectivity index (χ4v) is 2.81. The minimum atomic E-state index is -0.362. The number of benzene rings is 1. The molecule has 0 saturated heterocycles. The standard InChI is InChI=1S/C15H21N3O2/c16-9-11-2-1-3-13(11)15(20)18-12-6-4-10(5-7-12)8-14(17)19/h4-7,11,13H,1-3,8-9,16H2,(H2,17,19)(H,18,20)/t11-,13-/m1/s1. The van der Waals surface area contributed by atoms with Crippen LogP contribution in [0.1, 0.15) is 24.8 Å². The molecular weight excluding hydrogens is 254 g/mol. The van der Waals surface area contributed by atoms with Crippen molar-refractivity contribution in [1.82, 2.24) is 0 Å². The molecule has 2 atom stereocenters. The molecule has 5 nitrogen and oxygen atoms in total. The van der Waals surface area contributed by atoms with Crippen LogP contribution in [-0.4, -0.2) is 18.4 Å². The lowest BCUT2D eigenvalue weighted by atomic mass is 9.95. The monoisotopic (exact) mass is 275 g/mol. The van der Waals surface area contributed by atoms with Crippen molar-refractivity contribution in [3.05, 3.63) is 29.8 Å². The van der Waals surface area contributed by atoms with Crippen LogP contribution in [0.4, 0.5) is 5.69 Å². The van der Waals surface area contributed by atoms with E-state index in [0.717, 1.165) is 30.5 Å². The van der Waals surface area contributed by atoms with Crippen LogP contribution in [0, 0.1) is 11.8 Å². The summed E-state index contributed by atoms with van der Waals surface area (Å²) in [5, 5.41) is 2.92. The van der Waals surface area contributed by atoms with Gasteiger partial charge >= 0.3 is 0 Å². The highest BCUT2D eigenvalue weighted by Gasteiger charge is 2.31. The van der Waals surface area contributed by atoms with Crippen molar-refractivity contribution in [2.45, 2.75) is 25.7 Å². The molecule has 0 bridgehead atoms. The van der Waals surface area contributed by atoms with Crippen LogP contribution >= 0.6 is 0 Å². The second-order valence-corrected chi connectivity index (χ2v) is 5.36. The molecule has 0 radical (unpaired) electrons. The first-order valence-corrected chi connectivity index (χ1v) is 6.98. The topological polar surface area (TPSA) is 98.2 Å². The maximum atomic E-state index is 12.2. The fourth-order valence-electron chi connectivity index (χ4n) is 2.81. The molecule has 0 unspecified atom stereocenters. The zero-order valence-corrected chi connectivity index (χ0v) is 11.5. The van der Waals surface area contributed by atoms with Crippen molar-refractivity contribution in [2.24, 2.45) is 23.3 Å². The van der Waals surface area contributed by atoms with Gasteiger partial charge in [0, 0.05) is 11.6 Å². The van der Waals surface area contributed by atoms with E-state index in [1.165, 1.54) is 0 Å². The fraction of sp³-hybridized carbons (Fsp3) is 0.467. The summed E-state index contributed by atoms with van der Waals surface area (Å²) in [5.74, 6) is -0.00596. The minimum absolute atomic E-state index is 0.0188. The van der Waals surface area contributed by atoms with Gasteiger partial charge < -0.3 is 16.8 Å². The number of nitrogens with two attached hydrogens (primary N) is 2. The van der Waals surface area contributed by atoms with Gasteiger partial charge in [-0.3, -0.25) is 9.59 Å². The van der Waals surface area contributed by atoms with Gasteiger partial charge in [-0.05, 0) is 43.0 Å². The van der Waals surface area contributed by atoms with Crippen LogP contribution in [0.3, 0.4) is 0 Å². The number of hydrogen-bond donors (Lipinski definition) is 3. The number of rotatable bonds is 5. The molecule has 0 spiro atoms. The van der Waals surface area contributed by atoms with Gasteiger partial charge in [-0.15, -0.1) is 0 Å². The van der Waals surface area contributed by atoms with Crippen molar-refractivity contribution in [3.8, 4) is 0 Å². The lowest BCUT2D eigenvalue weighted by molar-refractivity contribution is -0.121. The van der Waals surface area contributed by atoms with Crippen LogP contribution < -0.4 is 16.8 Å². The quantitative estimate of drug-likeness (QED) is 0.748. The first kappa shape index (κ1) is 14.5. The van der Waals surface area contributed by atoms with Gasteiger partial charge in [0.25, 0.3) is 0 Å². The third-order valence-corrected chi connectivity index (χ3v) is 3.90. The maximum absolute atomic E-state index is 12.2. The lowest BCUT2D eigenvalue weighted by Gasteiger charge is -2.17. The smallest absolute Gasteiger partial charge is 0.227 e. The third kappa shape index (κ3) is 3.57. The van der Waals surface area contributed by atoms with E-state index in [9.17, 15) is 9.59 Å². The van der Waals surface area contributed by atoms with E-state index in [1.54, 1.807) is 24.3 Å². The highest BCUT2D eigenvalue weighted by Crippen LogP contribution is 2.31. The second-order valence-electron chi connectivity index (χ2n) is 5.36. The predicted octanol–water partition coefficient (Wildman–Crippen LogP) is 1.03. The van der Waals surface area contributed by atoms with E-state index in [1.807, 2.05) is 0 Å². The summed E-state index contributed by atoms with van der Waals surface area (Å²) in [7, 11) is 0. The average molecular weight is 275 g/mol. The van der Waals surface area contributed by atoms with Crippen molar-refractivity contribution in [1.29, 1.82) is 0 Å². The highest BCUT2D eigenvalue weighted by molar-refractivity contribution is 5.93. The summed E-state index contributed by atoms with van der Waals surface area (Å²) in [6, 6.07) is 7.19. The molecule has 1 fully saturated rings. The highest BCUT2D eigenvalue weighted by atomic mass is 16.2. The molecule has 1 aromatic carbocycles. The Labute approximate surface area is 118 Å². The van der Waals surface area contributed by atoms with Crippen LogP contribution in [-0.2, 0) is 16.0 Å². The van der Waals surface area contributed by atoms with Crippen molar-refractivity contribution in [3.63, 3.8) is 0 Å². The Morgan fingerprint density at radius 3 is 2.50 bits per heavy atom. The van der Waals surface area contributed by atoms with Gasteiger partial charge in [-0.2, -0.15) is 0 Å². The molecule has 2 rings (SSSR count). The first-order chi connectivity index (χ1) is 9.60. The number of carbonyl (C=O) groups is 2. The molecule has 0 aromatic heterocycles. The SMILES string of the molecule is NC[C@H]1CCC[C@H]1C(=O)Nc1ccc(CC(N)=O)cc1. The van der Waals surface area contributed by atoms with Crippen LogP contribution in [0.2, 0.25) is 0 Å². The summed E-state index contributed by atoms with van der Waals surface area (Å²) in [6.45, 7) is 0.565. The zero-order valence-electron chi connectivity index (χ0n) is 11.5. The largest absolute Gasteiger partial charge is 0.369 e. The Balaban J connectivity index is 1.95. The van der Waals surface area contributed by atoms with E-state index in [4.69, 9.17) is 11.5 Å². The molecule has 5 heteroatoms. The molecule has 1 aliphatic carbocycles.